The van der Waals surface area contributed by atoms with Gasteiger partial charge in [0.25, 0.3) is 5.91 Å². The molecule has 2 rings (SSSR count). The summed E-state index contributed by atoms with van der Waals surface area (Å²) in [5.41, 5.74) is 6.79. The van der Waals surface area contributed by atoms with Gasteiger partial charge in [-0.2, -0.15) is 0 Å². The molecule has 2 heterocycles. The number of carbonyl (C=O) groups excluding carboxylic acids is 1. The first-order chi connectivity index (χ1) is 7.75. The lowest BCUT2D eigenvalue weighted by Gasteiger charge is -2.03. The summed E-state index contributed by atoms with van der Waals surface area (Å²) in [4.78, 5) is 23.1. The van der Waals surface area contributed by atoms with Gasteiger partial charge in [-0.3, -0.25) is 4.79 Å². The van der Waals surface area contributed by atoms with Crippen LogP contribution in [0.1, 0.15) is 10.5 Å². The lowest BCUT2D eigenvalue weighted by atomic mass is 10.3. The summed E-state index contributed by atoms with van der Waals surface area (Å²) < 4.78 is 0. The quantitative estimate of drug-likeness (QED) is 0.769. The molecular weight excluding hydrogens is 206 g/mol. The zero-order valence-corrected chi connectivity index (χ0v) is 8.29. The van der Waals surface area contributed by atoms with Gasteiger partial charge in [-0.25, -0.2) is 15.0 Å². The predicted molar refractivity (Wildman–Crippen MR) is 58.6 cm³/mol. The minimum atomic E-state index is -0.324. The van der Waals surface area contributed by atoms with Crippen LogP contribution in [0.5, 0.6) is 0 Å². The van der Waals surface area contributed by atoms with Gasteiger partial charge < -0.3 is 11.1 Å². The van der Waals surface area contributed by atoms with E-state index >= 15 is 0 Å². The molecule has 2 aromatic heterocycles. The lowest BCUT2D eigenvalue weighted by Crippen LogP contribution is -2.13. The van der Waals surface area contributed by atoms with Crippen molar-refractivity contribution in [3.8, 4) is 0 Å². The zero-order valence-electron chi connectivity index (χ0n) is 8.29. The number of hydrogen-bond donors (Lipinski definition) is 2. The Balaban J connectivity index is 2.12. The number of nitrogen functional groups attached to an aromatic ring is 1. The number of pyridine rings is 1. The van der Waals surface area contributed by atoms with Crippen molar-refractivity contribution in [1.82, 2.24) is 15.0 Å². The summed E-state index contributed by atoms with van der Waals surface area (Å²) in [6.45, 7) is 0. The molecule has 0 bridgehead atoms. The Labute approximate surface area is 91.6 Å². The summed E-state index contributed by atoms with van der Waals surface area (Å²) >= 11 is 0. The van der Waals surface area contributed by atoms with Crippen molar-refractivity contribution in [1.29, 1.82) is 0 Å². The van der Waals surface area contributed by atoms with E-state index in [4.69, 9.17) is 5.73 Å². The third-order valence-corrected chi connectivity index (χ3v) is 1.84. The molecule has 80 valence electrons. The van der Waals surface area contributed by atoms with Gasteiger partial charge in [-0.05, 0) is 12.1 Å². The van der Waals surface area contributed by atoms with Gasteiger partial charge in [-0.15, -0.1) is 0 Å². The van der Waals surface area contributed by atoms with Crippen LogP contribution in [-0.4, -0.2) is 20.9 Å². The van der Waals surface area contributed by atoms with Crippen molar-refractivity contribution in [3.05, 3.63) is 42.7 Å². The van der Waals surface area contributed by atoms with E-state index in [1.165, 1.54) is 24.9 Å². The monoisotopic (exact) mass is 215 g/mol. The Morgan fingerprint density at radius 3 is 2.56 bits per heavy atom. The van der Waals surface area contributed by atoms with Gasteiger partial charge in [0.05, 0.1) is 30.0 Å². The molecule has 0 atom stereocenters. The third-order valence-electron chi connectivity index (χ3n) is 1.84. The van der Waals surface area contributed by atoms with Gasteiger partial charge >= 0.3 is 0 Å². The van der Waals surface area contributed by atoms with Gasteiger partial charge in [0, 0.05) is 0 Å². The van der Waals surface area contributed by atoms with Gasteiger partial charge in [0.2, 0.25) is 0 Å². The Morgan fingerprint density at radius 1 is 1.19 bits per heavy atom. The number of amides is 1. The number of anilines is 2. The van der Waals surface area contributed by atoms with E-state index in [9.17, 15) is 4.79 Å². The summed E-state index contributed by atoms with van der Waals surface area (Å²) in [6, 6.07) is 3.16. The van der Waals surface area contributed by atoms with Crippen molar-refractivity contribution >= 4 is 17.3 Å². The molecule has 0 fully saturated rings. The summed E-state index contributed by atoms with van der Waals surface area (Å²) in [7, 11) is 0. The topological polar surface area (TPSA) is 93.8 Å². The number of rotatable bonds is 2. The van der Waals surface area contributed by atoms with Crippen molar-refractivity contribution < 1.29 is 4.79 Å². The van der Waals surface area contributed by atoms with Crippen LogP contribution in [0.4, 0.5) is 11.4 Å². The summed E-state index contributed by atoms with van der Waals surface area (Å²) in [5.74, 6) is -0.324. The van der Waals surface area contributed by atoms with Crippen LogP contribution in [0, 0.1) is 0 Å². The van der Waals surface area contributed by atoms with Crippen LogP contribution in [-0.2, 0) is 0 Å². The van der Waals surface area contributed by atoms with Gasteiger partial charge in [0.15, 0.2) is 0 Å². The first kappa shape index (κ1) is 10.0. The van der Waals surface area contributed by atoms with Crippen molar-refractivity contribution in [3.63, 3.8) is 0 Å². The highest BCUT2D eigenvalue weighted by Gasteiger charge is 2.06. The summed E-state index contributed by atoms with van der Waals surface area (Å²) in [6.07, 6.45) is 5.82. The molecule has 16 heavy (non-hydrogen) atoms. The van der Waals surface area contributed by atoms with Crippen molar-refractivity contribution in [2.45, 2.75) is 0 Å². The molecule has 2 aromatic rings. The molecule has 3 N–H and O–H groups in total. The molecule has 0 radical (unpaired) electrons. The molecular formula is C10H9N5O. The fourth-order valence-electron chi connectivity index (χ4n) is 1.10. The molecule has 0 aliphatic heterocycles. The van der Waals surface area contributed by atoms with Crippen LogP contribution in [0.2, 0.25) is 0 Å². The highest BCUT2D eigenvalue weighted by Crippen LogP contribution is 2.05. The predicted octanol–water partition coefficient (Wildman–Crippen LogP) is 0.706. The first-order valence-electron chi connectivity index (χ1n) is 4.53. The second-order valence-electron chi connectivity index (χ2n) is 3.06. The molecule has 1 amide bonds. The van der Waals surface area contributed by atoms with Gasteiger partial charge in [-0.1, -0.05) is 0 Å². The van der Waals surface area contributed by atoms with Crippen LogP contribution in [0.25, 0.3) is 0 Å². The molecule has 6 nitrogen and oxygen atoms in total. The van der Waals surface area contributed by atoms with Crippen LogP contribution in [0.15, 0.2) is 37.1 Å². The van der Waals surface area contributed by atoms with Crippen molar-refractivity contribution in [2.24, 2.45) is 0 Å². The van der Waals surface area contributed by atoms with Crippen LogP contribution < -0.4 is 11.1 Å². The van der Waals surface area contributed by atoms with Crippen LogP contribution >= 0.6 is 0 Å². The normalized spacial score (nSPS) is 9.75. The van der Waals surface area contributed by atoms with E-state index in [2.05, 4.69) is 20.3 Å². The molecule has 0 spiro atoms. The average molecular weight is 215 g/mol. The SMILES string of the molecule is Nc1ccc(C(=O)Nc2cncnc2)nc1. The number of hydrogen-bond acceptors (Lipinski definition) is 5. The molecule has 0 aliphatic rings. The standard InChI is InChI=1S/C10H9N5O/c11-7-1-2-9(14-3-7)10(16)15-8-4-12-6-13-5-8/h1-6H,11H2,(H,15,16). The molecule has 0 unspecified atom stereocenters. The number of nitrogens with one attached hydrogen (secondary N) is 1. The number of nitrogens with zero attached hydrogens (tertiary/aromatic N) is 3. The van der Waals surface area contributed by atoms with Crippen LogP contribution in [0.3, 0.4) is 0 Å². The smallest absolute Gasteiger partial charge is 0.274 e. The minimum Gasteiger partial charge on any atom is -0.397 e. The molecule has 0 saturated heterocycles. The van der Waals surface area contributed by atoms with E-state index in [-0.39, 0.29) is 11.6 Å². The largest absolute Gasteiger partial charge is 0.397 e. The highest BCUT2D eigenvalue weighted by molar-refractivity contribution is 6.02. The van der Waals surface area contributed by atoms with Gasteiger partial charge in [0.1, 0.15) is 12.0 Å². The Kier molecular flexibility index (Phi) is 2.73. The maximum Gasteiger partial charge on any atom is 0.274 e. The van der Waals surface area contributed by atoms with E-state index in [0.717, 1.165) is 0 Å². The van der Waals surface area contributed by atoms with Crippen molar-refractivity contribution in [2.75, 3.05) is 11.1 Å². The highest BCUT2D eigenvalue weighted by atomic mass is 16.1. The Morgan fingerprint density at radius 2 is 1.94 bits per heavy atom. The molecule has 0 saturated carbocycles. The van der Waals surface area contributed by atoms with E-state index in [1.807, 2.05) is 0 Å². The first-order valence-corrected chi connectivity index (χ1v) is 4.53. The third kappa shape index (κ3) is 2.30. The molecule has 6 heteroatoms. The summed E-state index contributed by atoms with van der Waals surface area (Å²) in [5, 5.41) is 2.61. The van der Waals surface area contributed by atoms with E-state index in [0.29, 0.717) is 11.4 Å². The Bertz CT molecular complexity index is 482. The molecule has 0 aliphatic carbocycles. The fourth-order valence-corrected chi connectivity index (χ4v) is 1.10. The fraction of sp³-hybridized carbons (Fsp3) is 0. The maximum absolute atomic E-state index is 11.7. The maximum atomic E-state index is 11.7. The Hall–Kier alpha value is -2.50. The molecule has 0 aromatic carbocycles. The lowest BCUT2D eigenvalue weighted by molar-refractivity contribution is 0.102. The zero-order chi connectivity index (χ0) is 11.4. The number of carbonyl (C=O) groups is 1. The van der Waals surface area contributed by atoms with E-state index < -0.39 is 0 Å². The number of aromatic nitrogens is 3. The average Bonchev–Trinajstić information content (AvgIpc) is 2.31. The minimum absolute atomic E-state index is 0.290. The number of nitrogens with two attached hydrogens (primary N) is 1. The second kappa shape index (κ2) is 4.35. The van der Waals surface area contributed by atoms with E-state index in [1.54, 1.807) is 12.1 Å². The second-order valence-corrected chi connectivity index (χ2v) is 3.06.